The third kappa shape index (κ3) is 4.87. The van der Waals surface area contributed by atoms with Gasteiger partial charge in [0, 0.05) is 25.0 Å². The highest BCUT2D eigenvalue weighted by Crippen LogP contribution is 2.03. The summed E-state index contributed by atoms with van der Waals surface area (Å²) in [5.74, 6) is 0.382. The summed E-state index contributed by atoms with van der Waals surface area (Å²) in [5, 5.41) is 5.95. The number of rotatable bonds is 6. The van der Waals surface area contributed by atoms with E-state index in [2.05, 4.69) is 32.7 Å². The zero-order valence-electron chi connectivity index (χ0n) is 12.3. The van der Waals surface area contributed by atoms with E-state index in [1.165, 1.54) is 18.0 Å². The van der Waals surface area contributed by atoms with Crippen molar-refractivity contribution in [2.75, 3.05) is 11.9 Å². The molecule has 0 atom stereocenters. The maximum atomic E-state index is 11.8. The third-order valence-corrected chi connectivity index (χ3v) is 2.87. The van der Waals surface area contributed by atoms with E-state index in [9.17, 15) is 4.79 Å². The van der Waals surface area contributed by atoms with Gasteiger partial charge in [-0.1, -0.05) is 30.3 Å². The number of carbonyl (C=O) groups excluding carboxylic acids is 1. The first-order chi connectivity index (χ1) is 10.1. The SMILES string of the molecule is CC(C)NC(=O)c1cnc(NCCc2ccccc2)nc1. The molecule has 0 aliphatic carbocycles. The Bertz CT molecular complexity index is 567. The molecule has 0 spiro atoms. The molecular weight excluding hydrogens is 264 g/mol. The van der Waals surface area contributed by atoms with Gasteiger partial charge in [-0.3, -0.25) is 4.79 Å². The maximum absolute atomic E-state index is 11.8. The van der Waals surface area contributed by atoms with Crippen LogP contribution >= 0.6 is 0 Å². The highest BCUT2D eigenvalue weighted by atomic mass is 16.1. The van der Waals surface area contributed by atoms with E-state index in [0.717, 1.165) is 13.0 Å². The van der Waals surface area contributed by atoms with Crippen LogP contribution in [0, 0.1) is 0 Å². The molecule has 1 amide bonds. The van der Waals surface area contributed by atoms with Gasteiger partial charge in [-0.15, -0.1) is 0 Å². The molecule has 110 valence electrons. The molecule has 0 aliphatic rings. The van der Waals surface area contributed by atoms with Crippen molar-refractivity contribution in [1.82, 2.24) is 15.3 Å². The number of hydrogen-bond donors (Lipinski definition) is 2. The molecule has 1 aromatic carbocycles. The number of nitrogens with one attached hydrogen (secondary N) is 2. The van der Waals surface area contributed by atoms with Gasteiger partial charge >= 0.3 is 0 Å². The minimum Gasteiger partial charge on any atom is -0.354 e. The number of hydrogen-bond acceptors (Lipinski definition) is 4. The summed E-state index contributed by atoms with van der Waals surface area (Å²) in [6.45, 7) is 4.58. The lowest BCUT2D eigenvalue weighted by molar-refractivity contribution is 0.0942. The van der Waals surface area contributed by atoms with Crippen LogP contribution in [0.25, 0.3) is 0 Å². The minimum atomic E-state index is -0.152. The van der Waals surface area contributed by atoms with Crippen LogP contribution in [0.4, 0.5) is 5.95 Å². The summed E-state index contributed by atoms with van der Waals surface area (Å²) in [6, 6.07) is 10.3. The Balaban J connectivity index is 1.84. The van der Waals surface area contributed by atoms with Gasteiger partial charge < -0.3 is 10.6 Å². The summed E-state index contributed by atoms with van der Waals surface area (Å²) in [4.78, 5) is 20.1. The summed E-state index contributed by atoms with van der Waals surface area (Å²) in [6.07, 6.45) is 3.98. The average Bonchev–Trinajstić information content (AvgIpc) is 2.48. The zero-order valence-corrected chi connectivity index (χ0v) is 12.3. The summed E-state index contributed by atoms with van der Waals surface area (Å²) in [5.41, 5.74) is 1.73. The number of carbonyl (C=O) groups is 1. The Morgan fingerprint density at radius 1 is 1.14 bits per heavy atom. The molecule has 1 aromatic heterocycles. The minimum absolute atomic E-state index is 0.0983. The number of aromatic nitrogens is 2. The quantitative estimate of drug-likeness (QED) is 0.854. The van der Waals surface area contributed by atoms with Gasteiger partial charge in [0.15, 0.2) is 0 Å². The lowest BCUT2D eigenvalue weighted by Crippen LogP contribution is -2.30. The number of benzene rings is 1. The van der Waals surface area contributed by atoms with Crippen LogP contribution in [0.5, 0.6) is 0 Å². The highest BCUT2D eigenvalue weighted by molar-refractivity contribution is 5.93. The molecule has 0 aliphatic heterocycles. The Kier molecular flexibility index (Phi) is 5.26. The molecule has 2 N–H and O–H groups in total. The van der Waals surface area contributed by atoms with Crippen molar-refractivity contribution in [3.05, 3.63) is 53.9 Å². The van der Waals surface area contributed by atoms with Crippen molar-refractivity contribution in [2.45, 2.75) is 26.3 Å². The van der Waals surface area contributed by atoms with E-state index in [-0.39, 0.29) is 11.9 Å². The monoisotopic (exact) mass is 284 g/mol. The molecule has 5 nitrogen and oxygen atoms in total. The van der Waals surface area contributed by atoms with Crippen molar-refractivity contribution in [3.63, 3.8) is 0 Å². The zero-order chi connectivity index (χ0) is 15.1. The van der Waals surface area contributed by atoms with Crippen molar-refractivity contribution in [2.24, 2.45) is 0 Å². The molecule has 5 heteroatoms. The topological polar surface area (TPSA) is 66.9 Å². The van der Waals surface area contributed by atoms with Crippen LogP contribution in [0.3, 0.4) is 0 Å². The molecule has 0 fully saturated rings. The van der Waals surface area contributed by atoms with E-state index in [1.807, 2.05) is 32.0 Å². The Morgan fingerprint density at radius 3 is 2.43 bits per heavy atom. The fourth-order valence-electron chi connectivity index (χ4n) is 1.85. The normalized spacial score (nSPS) is 10.4. The van der Waals surface area contributed by atoms with Gasteiger partial charge in [-0.25, -0.2) is 9.97 Å². The standard InChI is InChI=1S/C16H20N4O/c1-12(2)20-15(21)14-10-18-16(19-11-14)17-9-8-13-6-4-3-5-7-13/h3-7,10-12H,8-9H2,1-2H3,(H,20,21)(H,17,18,19). The molecule has 0 bridgehead atoms. The van der Waals surface area contributed by atoms with E-state index in [1.54, 1.807) is 0 Å². The first-order valence-electron chi connectivity index (χ1n) is 7.06. The highest BCUT2D eigenvalue weighted by Gasteiger charge is 2.07. The second-order valence-electron chi connectivity index (χ2n) is 5.09. The number of anilines is 1. The van der Waals surface area contributed by atoms with Crippen LogP contribution in [0.2, 0.25) is 0 Å². The summed E-state index contributed by atoms with van der Waals surface area (Å²) >= 11 is 0. The van der Waals surface area contributed by atoms with Crippen LogP contribution in [-0.4, -0.2) is 28.5 Å². The fourth-order valence-corrected chi connectivity index (χ4v) is 1.85. The lowest BCUT2D eigenvalue weighted by atomic mass is 10.1. The van der Waals surface area contributed by atoms with Crippen LogP contribution in [0.1, 0.15) is 29.8 Å². The molecule has 1 heterocycles. The van der Waals surface area contributed by atoms with Crippen LogP contribution in [0.15, 0.2) is 42.7 Å². The number of nitrogens with zero attached hydrogens (tertiary/aromatic N) is 2. The van der Waals surface area contributed by atoms with E-state index in [4.69, 9.17) is 0 Å². The summed E-state index contributed by atoms with van der Waals surface area (Å²) in [7, 11) is 0. The van der Waals surface area contributed by atoms with E-state index < -0.39 is 0 Å². The first-order valence-corrected chi connectivity index (χ1v) is 7.06. The second-order valence-corrected chi connectivity index (χ2v) is 5.09. The molecular formula is C16H20N4O. The predicted molar refractivity (Wildman–Crippen MR) is 83.3 cm³/mol. The molecule has 0 saturated heterocycles. The van der Waals surface area contributed by atoms with Gasteiger partial charge in [-0.05, 0) is 25.8 Å². The lowest BCUT2D eigenvalue weighted by Gasteiger charge is -2.08. The molecule has 0 unspecified atom stereocenters. The van der Waals surface area contributed by atoms with Crippen molar-refractivity contribution in [3.8, 4) is 0 Å². The average molecular weight is 284 g/mol. The van der Waals surface area contributed by atoms with Crippen molar-refractivity contribution < 1.29 is 4.79 Å². The smallest absolute Gasteiger partial charge is 0.254 e. The first kappa shape index (κ1) is 15.0. The fraction of sp³-hybridized carbons (Fsp3) is 0.312. The van der Waals surface area contributed by atoms with Crippen LogP contribution < -0.4 is 10.6 Å². The van der Waals surface area contributed by atoms with Gasteiger partial charge in [0.05, 0.1) is 5.56 Å². The molecule has 2 aromatic rings. The van der Waals surface area contributed by atoms with E-state index >= 15 is 0 Å². The Hall–Kier alpha value is -2.43. The summed E-state index contributed by atoms with van der Waals surface area (Å²) < 4.78 is 0. The third-order valence-electron chi connectivity index (χ3n) is 2.87. The van der Waals surface area contributed by atoms with Gasteiger partial charge in [0.2, 0.25) is 5.95 Å². The molecule has 2 rings (SSSR count). The van der Waals surface area contributed by atoms with E-state index in [0.29, 0.717) is 11.5 Å². The number of amides is 1. The molecule has 0 radical (unpaired) electrons. The Morgan fingerprint density at radius 2 is 1.81 bits per heavy atom. The molecule has 0 saturated carbocycles. The van der Waals surface area contributed by atoms with Gasteiger partial charge in [0.25, 0.3) is 5.91 Å². The predicted octanol–water partition coefficient (Wildman–Crippen LogP) is 2.27. The van der Waals surface area contributed by atoms with Crippen molar-refractivity contribution >= 4 is 11.9 Å². The van der Waals surface area contributed by atoms with Crippen LogP contribution in [-0.2, 0) is 6.42 Å². The second kappa shape index (κ2) is 7.38. The largest absolute Gasteiger partial charge is 0.354 e. The maximum Gasteiger partial charge on any atom is 0.254 e. The van der Waals surface area contributed by atoms with Crippen molar-refractivity contribution in [1.29, 1.82) is 0 Å². The van der Waals surface area contributed by atoms with Gasteiger partial charge in [0.1, 0.15) is 0 Å². The Labute approximate surface area is 124 Å². The van der Waals surface area contributed by atoms with Gasteiger partial charge in [-0.2, -0.15) is 0 Å². The molecule has 21 heavy (non-hydrogen) atoms.